The maximum Gasteiger partial charge on any atom is 0.416 e. The molecule has 1 aliphatic heterocycles. The lowest BCUT2D eigenvalue weighted by atomic mass is 10.1. The van der Waals surface area contributed by atoms with Crippen LogP contribution in [0.3, 0.4) is 0 Å². The minimum absolute atomic E-state index is 0.0424. The summed E-state index contributed by atoms with van der Waals surface area (Å²) in [5.74, 6) is 0. The van der Waals surface area contributed by atoms with Gasteiger partial charge in [0.2, 0.25) is 0 Å². The summed E-state index contributed by atoms with van der Waals surface area (Å²) < 4.78 is 41.0. The number of urea groups is 1. The predicted molar refractivity (Wildman–Crippen MR) is 113 cm³/mol. The number of rotatable bonds is 3. The maximum absolute atomic E-state index is 13.2. The van der Waals surface area contributed by atoms with Gasteiger partial charge in [0, 0.05) is 49.3 Å². The molecule has 2 amide bonds. The van der Waals surface area contributed by atoms with Crippen molar-refractivity contribution in [1.82, 2.24) is 14.7 Å². The van der Waals surface area contributed by atoms with Crippen LogP contribution in [0, 0.1) is 0 Å². The van der Waals surface area contributed by atoms with Crippen LogP contribution in [0.25, 0.3) is 5.69 Å². The van der Waals surface area contributed by atoms with E-state index in [2.05, 4.69) is 15.3 Å². The number of carbonyl (C=O) groups excluding carboxylic acids is 1. The highest BCUT2D eigenvalue weighted by molar-refractivity contribution is 6.30. The zero-order valence-corrected chi connectivity index (χ0v) is 17.1. The Morgan fingerprint density at radius 2 is 1.81 bits per heavy atom. The van der Waals surface area contributed by atoms with Gasteiger partial charge in [-0.2, -0.15) is 18.3 Å². The van der Waals surface area contributed by atoms with E-state index in [0.717, 1.165) is 17.8 Å². The molecule has 162 valence electrons. The van der Waals surface area contributed by atoms with Crippen LogP contribution in [0.15, 0.2) is 60.9 Å². The number of halogens is 4. The summed E-state index contributed by atoms with van der Waals surface area (Å²) in [6.45, 7) is 2.02. The van der Waals surface area contributed by atoms with Gasteiger partial charge in [0.1, 0.15) is 0 Å². The van der Waals surface area contributed by atoms with Gasteiger partial charge >= 0.3 is 12.2 Å². The molecule has 2 aromatic carbocycles. The number of carbonyl (C=O) groups is 1. The number of nitrogens with zero attached hydrogens (tertiary/aromatic N) is 4. The summed E-state index contributed by atoms with van der Waals surface area (Å²) in [4.78, 5) is 16.5. The van der Waals surface area contributed by atoms with Gasteiger partial charge in [-0.3, -0.25) is 0 Å². The largest absolute Gasteiger partial charge is 0.416 e. The average Bonchev–Trinajstić information content (AvgIpc) is 3.28. The molecular formula is C21H19ClF3N5O. The molecule has 4 rings (SSSR count). The maximum atomic E-state index is 13.2. The van der Waals surface area contributed by atoms with E-state index in [4.69, 9.17) is 11.6 Å². The molecule has 0 aliphatic carbocycles. The number of amides is 2. The van der Waals surface area contributed by atoms with Gasteiger partial charge in [0.05, 0.1) is 16.9 Å². The molecule has 0 spiro atoms. The summed E-state index contributed by atoms with van der Waals surface area (Å²) in [5, 5.41) is 7.33. The number of aromatic nitrogens is 2. The van der Waals surface area contributed by atoms with Crippen molar-refractivity contribution in [2.45, 2.75) is 6.18 Å². The summed E-state index contributed by atoms with van der Waals surface area (Å²) in [7, 11) is 0. The first-order valence-electron chi connectivity index (χ1n) is 9.59. The summed E-state index contributed by atoms with van der Waals surface area (Å²) >= 11 is 6.05. The lowest BCUT2D eigenvalue weighted by Crippen LogP contribution is -2.50. The number of anilines is 2. The van der Waals surface area contributed by atoms with Crippen LogP contribution in [0.5, 0.6) is 0 Å². The molecule has 0 bridgehead atoms. The van der Waals surface area contributed by atoms with Crippen LogP contribution >= 0.6 is 11.6 Å². The zero-order valence-electron chi connectivity index (χ0n) is 16.3. The fraction of sp³-hybridized carbons (Fsp3) is 0.238. The van der Waals surface area contributed by atoms with Gasteiger partial charge in [-0.25, -0.2) is 9.48 Å². The highest BCUT2D eigenvalue weighted by atomic mass is 35.5. The third-order valence-electron chi connectivity index (χ3n) is 5.06. The van der Waals surface area contributed by atoms with Crippen molar-refractivity contribution in [2.24, 2.45) is 0 Å². The van der Waals surface area contributed by atoms with Gasteiger partial charge in [0.15, 0.2) is 0 Å². The van der Waals surface area contributed by atoms with Gasteiger partial charge < -0.3 is 15.1 Å². The smallest absolute Gasteiger partial charge is 0.368 e. The van der Waals surface area contributed by atoms with E-state index in [-0.39, 0.29) is 5.69 Å². The fourth-order valence-corrected chi connectivity index (χ4v) is 3.64. The minimum atomic E-state index is -4.52. The average molecular weight is 450 g/mol. The molecule has 6 nitrogen and oxygen atoms in total. The first kappa shape index (κ1) is 21.0. The van der Waals surface area contributed by atoms with E-state index in [0.29, 0.717) is 36.9 Å². The Hall–Kier alpha value is -3.20. The number of benzene rings is 2. The van der Waals surface area contributed by atoms with Gasteiger partial charge in [0.25, 0.3) is 0 Å². The molecule has 1 aliphatic rings. The molecule has 1 saturated heterocycles. The molecule has 0 saturated carbocycles. The normalized spacial score (nSPS) is 14.6. The van der Waals surface area contributed by atoms with E-state index in [1.165, 1.54) is 16.9 Å². The first-order chi connectivity index (χ1) is 14.8. The van der Waals surface area contributed by atoms with Crippen LogP contribution in [0.2, 0.25) is 5.02 Å². The predicted octanol–water partition coefficient (Wildman–Crippen LogP) is 4.90. The van der Waals surface area contributed by atoms with Crippen molar-refractivity contribution in [3.05, 3.63) is 71.5 Å². The fourth-order valence-electron chi connectivity index (χ4n) is 3.46. The Labute approximate surface area is 181 Å². The molecule has 2 heterocycles. The van der Waals surface area contributed by atoms with Crippen molar-refractivity contribution in [3.8, 4) is 5.69 Å². The SMILES string of the molecule is O=C(Nc1cc(C(F)(F)F)ccc1-n1cccn1)N1CCN(c2cccc(Cl)c2)CC1. The highest BCUT2D eigenvalue weighted by Crippen LogP contribution is 2.33. The quantitative estimate of drug-likeness (QED) is 0.619. The number of nitrogens with one attached hydrogen (secondary N) is 1. The van der Waals surface area contributed by atoms with E-state index < -0.39 is 17.8 Å². The molecular weight excluding hydrogens is 431 g/mol. The lowest BCUT2D eigenvalue weighted by molar-refractivity contribution is -0.137. The van der Waals surface area contributed by atoms with Gasteiger partial charge in [-0.15, -0.1) is 0 Å². The third-order valence-corrected chi connectivity index (χ3v) is 5.29. The highest BCUT2D eigenvalue weighted by Gasteiger charge is 2.32. The minimum Gasteiger partial charge on any atom is -0.368 e. The van der Waals surface area contributed by atoms with Crippen LogP contribution in [-0.4, -0.2) is 46.9 Å². The van der Waals surface area contributed by atoms with Crippen LogP contribution in [0.1, 0.15) is 5.56 Å². The summed E-state index contributed by atoms with van der Waals surface area (Å²) in [6.07, 6.45) is -1.41. The molecule has 0 atom stereocenters. The topological polar surface area (TPSA) is 53.4 Å². The van der Waals surface area contributed by atoms with Crippen molar-refractivity contribution in [1.29, 1.82) is 0 Å². The second-order valence-corrected chi connectivity index (χ2v) is 7.50. The van der Waals surface area contributed by atoms with Crippen LogP contribution in [0.4, 0.5) is 29.3 Å². The summed E-state index contributed by atoms with van der Waals surface area (Å²) in [6, 6.07) is 11.8. The molecule has 0 unspecified atom stereocenters. The second kappa shape index (κ2) is 8.50. The third kappa shape index (κ3) is 4.77. The Bertz CT molecular complexity index is 1060. The van der Waals surface area contributed by atoms with E-state index >= 15 is 0 Å². The monoisotopic (exact) mass is 449 g/mol. The Kier molecular flexibility index (Phi) is 5.77. The molecule has 1 fully saturated rings. The number of hydrogen-bond acceptors (Lipinski definition) is 3. The lowest BCUT2D eigenvalue weighted by Gasteiger charge is -2.36. The number of piperazine rings is 1. The van der Waals surface area contributed by atoms with Crippen molar-refractivity contribution >= 4 is 29.0 Å². The zero-order chi connectivity index (χ0) is 22.0. The molecule has 3 aromatic rings. The Morgan fingerprint density at radius 1 is 1.03 bits per heavy atom. The van der Waals surface area contributed by atoms with Crippen molar-refractivity contribution < 1.29 is 18.0 Å². The van der Waals surface area contributed by atoms with E-state index in [1.807, 2.05) is 18.2 Å². The Morgan fingerprint density at radius 3 is 2.45 bits per heavy atom. The van der Waals surface area contributed by atoms with E-state index in [9.17, 15) is 18.0 Å². The van der Waals surface area contributed by atoms with Crippen LogP contribution < -0.4 is 10.2 Å². The molecule has 0 radical (unpaired) electrons. The number of hydrogen-bond donors (Lipinski definition) is 1. The van der Waals surface area contributed by atoms with Gasteiger partial charge in [-0.1, -0.05) is 17.7 Å². The van der Waals surface area contributed by atoms with Crippen LogP contribution in [-0.2, 0) is 6.18 Å². The molecule has 1 N–H and O–H groups in total. The molecule has 31 heavy (non-hydrogen) atoms. The summed E-state index contributed by atoms with van der Waals surface area (Å²) in [5.41, 5.74) is 0.514. The van der Waals surface area contributed by atoms with Crippen molar-refractivity contribution in [3.63, 3.8) is 0 Å². The van der Waals surface area contributed by atoms with Crippen molar-refractivity contribution in [2.75, 3.05) is 36.4 Å². The number of alkyl halides is 3. The second-order valence-electron chi connectivity index (χ2n) is 7.06. The Balaban J connectivity index is 1.49. The van der Waals surface area contributed by atoms with E-state index in [1.54, 1.807) is 23.2 Å². The first-order valence-corrected chi connectivity index (χ1v) is 9.97. The molecule has 10 heteroatoms. The standard InChI is InChI=1S/C21H19ClF3N5O/c22-16-3-1-4-17(14-16)28-9-11-29(12-10-28)20(31)27-18-13-15(21(23,24)25)5-6-19(18)30-8-2-7-26-30/h1-8,13-14H,9-12H2,(H,27,31). The molecule has 1 aromatic heterocycles. The van der Waals surface area contributed by atoms with Gasteiger partial charge in [-0.05, 0) is 42.5 Å².